The molecule has 158 valence electrons. The molecule has 1 heterocycles. The Labute approximate surface area is 186 Å². The van der Waals surface area contributed by atoms with Crippen LogP contribution in [-0.2, 0) is 7.05 Å². The summed E-state index contributed by atoms with van der Waals surface area (Å²) in [4.78, 5) is 17.4. The molecule has 1 aliphatic rings. The van der Waals surface area contributed by atoms with E-state index in [-0.39, 0.29) is 11.9 Å². The van der Waals surface area contributed by atoms with E-state index in [9.17, 15) is 4.79 Å². The van der Waals surface area contributed by atoms with Crippen molar-refractivity contribution < 1.29 is 4.79 Å². The number of aryl methyl sites for hydroxylation is 1. The van der Waals surface area contributed by atoms with Crippen LogP contribution in [0.3, 0.4) is 0 Å². The van der Waals surface area contributed by atoms with E-state index in [1.807, 2.05) is 29.8 Å². The van der Waals surface area contributed by atoms with Crippen LogP contribution in [0.1, 0.15) is 49.9 Å². The van der Waals surface area contributed by atoms with Crippen LogP contribution in [0.2, 0.25) is 10.0 Å². The Morgan fingerprint density at radius 1 is 1.13 bits per heavy atom. The van der Waals surface area contributed by atoms with Gasteiger partial charge < -0.3 is 15.2 Å². The molecule has 0 radical (unpaired) electrons. The third-order valence-corrected chi connectivity index (χ3v) is 6.65. The number of amides is 1. The van der Waals surface area contributed by atoms with Crippen LogP contribution in [0.25, 0.3) is 11.0 Å². The molecule has 0 aliphatic heterocycles. The van der Waals surface area contributed by atoms with Gasteiger partial charge in [0.2, 0.25) is 5.95 Å². The highest BCUT2D eigenvalue weighted by molar-refractivity contribution is 6.39. The van der Waals surface area contributed by atoms with Gasteiger partial charge in [0, 0.05) is 18.7 Å². The minimum Gasteiger partial charge on any atom is -0.349 e. The first-order valence-corrected chi connectivity index (χ1v) is 11.0. The fraction of sp³-hybridized carbons (Fsp3) is 0.391. The minimum atomic E-state index is -0.0454. The molecule has 7 heteroatoms. The number of para-hydroxylation sites is 1. The highest BCUT2D eigenvalue weighted by Crippen LogP contribution is 2.35. The monoisotopic (exact) mass is 444 g/mol. The number of benzene rings is 2. The number of nitrogens with zero attached hydrogens (tertiary/aromatic N) is 2. The lowest BCUT2D eigenvalue weighted by Gasteiger charge is -2.34. The topological polar surface area (TPSA) is 59.0 Å². The van der Waals surface area contributed by atoms with Crippen LogP contribution in [0, 0.1) is 5.41 Å². The van der Waals surface area contributed by atoms with E-state index in [1.165, 1.54) is 0 Å². The number of rotatable bonds is 4. The molecule has 1 saturated carbocycles. The van der Waals surface area contributed by atoms with E-state index in [0.717, 1.165) is 36.7 Å². The molecule has 4 rings (SSSR count). The molecule has 0 spiro atoms. The van der Waals surface area contributed by atoms with E-state index in [1.54, 1.807) is 18.2 Å². The summed E-state index contributed by atoms with van der Waals surface area (Å²) in [5.41, 5.74) is 3.25. The van der Waals surface area contributed by atoms with Gasteiger partial charge in [0.25, 0.3) is 5.91 Å². The van der Waals surface area contributed by atoms with Gasteiger partial charge in [0.15, 0.2) is 0 Å². The third-order valence-electron chi connectivity index (χ3n) is 6.02. The summed E-state index contributed by atoms with van der Waals surface area (Å²) in [6.45, 7) is 4.59. The number of fused-ring (bicyclic) bond motifs is 1. The van der Waals surface area contributed by atoms with Gasteiger partial charge in [-0.25, -0.2) is 4.98 Å². The lowest BCUT2D eigenvalue weighted by Crippen LogP contribution is -2.39. The van der Waals surface area contributed by atoms with Crippen molar-refractivity contribution in [3.8, 4) is 0 Å². The van der Waals surface area contributed by atoms with Crippen molar-refractivity contribution in [2.24, 2.45) is 12.5 Å². The molecule has 1 aromatic heterocycles. The molecule has 1 amide bonds. The number of carbonyl (C=O) groups is 1. The predicted octanol–water partition coefficient (Wildman–Crippen LogP) is 6.32. The van der Waals surface area contributed by atoms with Crippen LogP contribution in [0.4, 0.5) is 11.6 Å². The zero-order chi connectivity index (χ0) is 21.5. The number of hydrogen-bond acceptors (Lipinski definition) is 3. The van der Waals surface area contributed by atoms with E-state index >= 15 is 0 Å². The summed E-state index contributed by atoms with van der Waals surface area (Å²) < 4.78 is 1.92. The molecule has 0 bridgehead atoms. The van der Waals surface area contributed by atoms with Crippen molar-refractivity contribution in [1.82, 2.24) is 14.9 Å². The summed E-state index contributed by atoms with van der Waals surface area (Å²) in [5, 5.41) is 7.43. The largest absolute Gasteiger partial charge is 0.349 e. The van der Waals surface area contributed by atoms with E-state index in [0.29, 0.717) is 32.7 Å². The maximum Gasteiger partial charge on any atom is 0.251 e. The summed E-state index contributed by atoms with van der Waals surface area (Å²) in [5.74, 6) is 0.558. The average molecular weight is 445 g/mol. The molecule has 1 fully saturated rings. The first kappa shape index (κ1) is 21.0. The summed E-state index contributed by atoms with van der Waals surface area (Å²) in [7, 11) is 1.91. The minimum absolute atomic E-state index is 0.0454. The predicted molar refractivity (Wildman–Crippen MR) is 124 cm³/mol. The van der Waals surface area contributed by atoms with Gasteiger partial charge in [0.1, 0.15) is 0 Å². The second kappa shape index (κ2) is 8.12. The van der Waals surface area contributed by atoms with Crippen LogP contribution in [-0.4, -0.2) is 21.5 Å². The lowest BCUT2D eigenvalue weighted by atomic mass is 9.75. The van der Waals surface area contributed by atoms with Crippen molar-refractivity contribution >= 4 is 51.8 Å². The Morgan fingerprint density at radius 3 is 2.47 bits per heavy atom. The van der Waals surface area contributed by atoms with Gasteiger partial charge in [-0.1, -0.05) is 43.1 Å². The number of aromatic nitrogens is 2. The Hall–Kier alpha value is -2.24. The SMILES string of the molecule is Cn1c(Nc2c(Cl)cccc2Cl)nc2cc(C(=O)NC3CCC(C)(C)CC3)ccc21. The van der Waals surface area contributed by atoms with Crippen LogP contribution < -0.4 is 10.6 Å². The van der Waals surface area contributed by atoms with E-state index in [4.69, 9.17) is 23.2 Å². The molecule has 2 N–H and O–H groups in total. The molecule has 0 saturated heterocycles. The molecule has 0 atom stereocenters. The normalized spacial score (nSPS) is 16.6. The number of imidazole rings is 1. The first-order valence-electron chi connectivity index (χ1n) is 10.2. The molecule has 5 nitrogen and oxygen atoms in total. The van der Waals surface area contributed by atoms with E-state index in [2.05, 4.69) is 29.5 Å². The summed E-state index contributed by atoms with van der Waals surface area (Å²) in [6.07, 6.45) is 4.32. The van der Waals surface area contributed by atoms with Gasteiger partial charge in [-0.2, -0.15) is 0 Å². The Balaban J connectivity index is 1.54. The number of carbonyl (C=O) groups excluding carboxylic acids is 1. The van der Waals surface area contributed by atoms with Crippen molar-refractivity contribution in [2.45, 2.75) is 45.6 Å². The molecular weight excluding hydrogens is 419 g/mol. The van der Waals surface area contributed by atoms with E-state index < -0.39 is 0 Å². The summed E-state index contributed by atoms with van der Waals surface area (Å²) >= 11 is 12.5. The molecule has 30 heavy (non-hydrogen) atoms. The van der Waals surface area contributed by atoms with Gasteiger partial charge in [-0.15, -0.1) is 0 Å². The standard InChI is InChI=1S/C23H26Cl2N4O/c1-23(2)11-9-15(10-12-23)26-21(30)14-7-8-19-18(13-14)27-22(29(19)3)28-20-16(24)5-4-6-17(20)25/h4-8,13,15H,9-12H2,1-3H3,(H,26,30)(H,27,28). The smallest absolute Gasteiger partial charge is 0.251 e. The van der Waals surface area contributed by atoms with Crippen molar-refractivity contribution in [2.75, 3.05) is 5.32 Å². The highest BCUT2D eigenvalue weighted by Gasteiger charge is 2.27. The molecule has 2 aromatic carbocycles. The van der Waals surface area contributed by atoms with Gasteiger partial charge >= 0.3 is 0 Å². The highest BCUT2D eigenvalue weighted by atomic mass is 35.5. The Morgan fingerprint density at radius 2 is 1.80 bits per heavy atom. The number of hydrogen-bond donors (Lipinski definition) is 2. The third kappa shape index (κ3) is 4.28. The second-order valence-corrected chi connectivity index (χ2v) is 9.65. The van der Waals surface area contributed by atoms with Crippen LogP contribution in [0.5, 0.6) is 0 Å². The quantitative estimate of drug-likeness (QED) is 0.494. The van der Waals surface area contributed by atoms with Crippen LogP contribution in [0.15, 0.2) is 36.4 Å². The molecule has 3 aromatic rings. The lowest BCUT2D eigenvalue weighted by molar-refractivity contribution is 0.0909. The fourth-order valence-corrected chi connectivity index (χ4v) is 4.49. The van der Waals surface area contributed by atoms with Gasteiger partial charge in [0.05, 0.1) is 26.8 Å². The summed E-state index contributed by atoms with van der Waals surface area (Å²) in [6, 6.07) is 11.2. The van der Waals surface area contributed by atoms with Crippen molar-refractivity contribution in [3.63, 3.8) is 0 Å². The molecule has 0 unspecified atom stereocenters. The number of anilines is 2. The maximum absolute atomic E-state index is 12.8. The number of nitrogens with one attached hydrogen (secondary N) is 2. The van der Waals surface area contributed by atoms with Crippen LogP contribution >= 0.6 is 23.2 Å². The Kier molecular flexibility index (Phi) is 5.69. The number of halogens is 2. The zero-order valence-electron chi connectivity index (χ0n) is 17.4. The van der Waals surface area contributed by atoms with Crippen molar-refractivity contribution in [3.05, 3.63) is 52.0 Å². The molecule has 1 aliphatic carbocycles. The maximum atomic E-state index is 12.8. The Bertz CT molecular complexity index is 1080. The first-order chi connectivity index (χ1) is 14.2. The average Bonchev–Trinajstić information content (AvgIpc) is 3.01. The molecular formula is C23H26Cl2N4O. The zero-order valence-corrected chi connectivity index (χ0v) is 18.9. The van der Waals surface area contributed by atoms with Gasteiger partial charge in [-0.3, -0.25) is 4.79 Å². The van der Waals surface area contributed by atoms with Crippen molar-refractivity contribution in [1.29, 1.82) is 0 Å². The fourth-order valence-electron chi connectivity index (χ4n) is 3.99. The second-order valence-electron chi connectivity index (χ2n) is 8.83. The van der Waals surface area contributed by atoms with Gasteiger partial charge in [-0.05, 0) is 61.4 Å².